The molecule has 228 valence electrons. The maximum atomic E-state index is 13.9. The van der Waals surface area contributed by atoms with Crippen LogP contribution in [0.2, 0.25) is 0 Å². The van der Waals surface area contributed by atoms with E-state index in [1.165, 1.54) is 4.31 Å². The van der Waals surface area contributed by atoms with E-state index in [4.69, 9.17) is 4.74 Å². The first-order chi connectivity index (χ1) is 20.9. The summed E-state index contributed by atoms with van der Waals surface area (Å²) in [6, 6.07) is 25.6. The average Bonchev–Trinajstić information content (AvgIpc) is 3.77. The lowest BCUT2D eigenvalue weighted by atomic mass is 10.0. The van der Waals surface area contributed by atoms with Crippen molar-refractivity contribution in [2.75, 3.05) is 26.2 Å². The fourth-order valence-corrected chi connectivity index (χ4v) is 7.29. The molecule has 2 amide bonds. The summed E-state index contributed by atoms with van der Waals surface area (Å²) in [7, 11) is -3.49. The SMILES string of the molecule is O=C(NC[C@H]1CCCO1)[C@@H](Cc1ccccc1)N(Cc1ccccc1)C(=O)CCc1ccc(S(=O)(=O)N2CCCC2)cc1. The van der Waals surface area contributed by atoms with Crippen molar-refractivity contribution < 1.29 is 22.7 Å². The Balaban J connectivity index is 1.33. The van der Waals surface area contributed by atoms with Crippen molar-refractivity contribution in [2.24, 2.45) is 0 Å². The maximum absolute atomic E-state index is 13.9. The smallest absolute Gasteiger partial charge is 0.243 e. The van der Waals surface area contributed by atoms with E-state index in [1.54, 1.807) is 29.2 Å². The van der Waals surface area contributed by atoms with E-state index >= 15 is 0 Å². The molecule has 43 heavy (non-hydrogen) atoms. The average molecular weight is 604 g/mol. The van der Waals surface area contributed by atoms with Crippen LogP contribution in [0.1, 0.15) is 48.8 Å². The van der Waals surface area contributed by atoms with Gasteiger partial charge in [0.15, 0.2) is 0 Å². The molecule has 0 aromatic heterocycles. The largest absolute Gasteiger partial charge is 0.376 e. The zero-order chi connectivity index (χ0) is 30.1. The molecule has 2 aliphatic rings. The van der Waals surface area contributed by atoms with E-state index in [1.807, 2.05) is 60.7 Å². The van der Waals surface area contributed by atoms with Crippen LogP contribution in [0.4, 0.5) is 0 Å². The molecule has 2 heterocycles. The zero-order valence-corrected chi connectivity index (χ0v) is 25.4. The van der Waals surface area contributed by atoms with E-state index in [0.717, 1.165) is 42.4 Å². The molecule has 3 aromatic carbocycles. The monoisotopic (exact) mass is 603 g/mol. The normalized spacial score (nSPS) is 17.9. The summed E-state index contributed by atoms with van der Waals surface area (Å²) in [5.74, 6) is -0.328. The molecule has 2 atom stereocenters. The van der Waals surface area contributed by atoms with Gasteiger partial charge in [-0.1, -0.05) is 72.8 Å². The summed E-state index contributed by atoms with van der Waals surface area (Å²) in [5, 5.41) is 3.06. The van der Waals surface area contributed by atoms with Gasteiger partial charge in [-0.3, -0.25) is 9.59 Å². The van der Waals surface area contributed by atoms with E-state index in [0.29, 0.717) is 45.6 Å². The van der Waals surface area contributed by atoms with Gasteiger partial charge in [0.05, 0.1) is 11.0 Å². The summed E-state index contributed by atoms with van der Waals surface area (Å²) >= 11 is 0. The van der Waals surface area contributed by atoms with Crippen LogP contribution in [-0.2, 0) is 43.7 Å². The Morgan fingerprint density at radius 3 is 2.14 bits per heavy atom. The molecule has 0 saturated carbocycles. The van der Waals surface area contributed by atoms with Gasteiger partial charge in [-0.15, -0.1) is 0 Å². The Kier molecular flexibility index (Phi) is 10.6. The molecule has 1 N–H and O–H groups in total. The van der Waals surface area contributed by atoms with Gasteiger partial charge in [0.2, 0.25) is 21.8 Å². The number of carbonyl (C=O) groups is 2. The third-order valence-electron chi connectivity index (χ3n) is 8.25. The highest BCUT2D eigenvalue weighted by Crippen LogP contribution is 2.22. The molecule has 9 heteroatoms. The molecule has 0 bridgehead atoms. The highest BCUT2D eigenvalue weighted by Gasteiger charge is 2.31. The van der Waals surface area contributed by atoms with Crippen LogP contribution in [0.15, 0.2) is 89.8 Å². The predicted octanol–water partition coefficient (Wildman–Crippen LogP) is 4.34. The van der Waals surface area contributed by atoms with Crippen molar-refractivity contribution in [3.05, 3.63) is 102 Å². The first-order valence-corrected chi connectivity index (χ1v) is 16.7. The number of nitrogens with zero attached hydrogens (tertiary/aromatic N) is 2. The summed E-state index contributed by atoms with van der Waals surface area (Å²) in [4.78, 5) is 29.6. The molecule has 0 unspecified atom stereocenters. The number of hydrogen-bond donors (Lipinski definition) is 1. The molecule has 8 nitrogen and oxygen atoms in total. The number of hydrogen-bond acceptors (Lipinski definition) is 5. The zero-order valence-electron chi connectivity index (χ0n) is 24.6. The Bertz CT molecular complexity index is 1440. The number of sulfonamides is 1. The molecule has 3 aromatic rings. The number of amides is 2. The van der Waals surface area contributed by atoms with Gasteiger partial charge in [0, 0.05) is 45.6 Å². The topological polar surface area (TPSA) is 96.0 Å². The van der Waals surface area contributed by atoms with E-state index < -0.39 is 16.1 Å². The lowest BCUT2D eigenvalue weighted by Crippen LogP contribution is -2.51. The molecule has 0 spiro atoms. The number of nitrogens with one attached hydrogen (secondary N) is 1. The Labute approximate surface area is 255 Å². The summed E-state index contributed by atoms with van der Waals surface area (Å²) in [5.41, 5.74) is 2.79. The predicted molar refractivity (Wildman–Crippen MR) is 166 cm³/mol. The van der Waals surface area contributed by atoms with Crippen molar-refractivity contribution in [1.82, 2.24) is 14.5 Å². The highest BCUT2D eigenvalue weighted by molar-refractivity contribution is 7.89. The quantitative estimate of drug-likeness (QED) is 0.314. The van der Waals surface area contributed by atoms with Gasteiger partial charge in [-0.05, 0) is 60.9 Å². The first kappa shape index (κ1) is 30.9. The second-order valence-corrected chi connectivity index (χ2v) is 13.3. The van der Waals surface area contributed by atoms with Crippen LogP contribution < -0.4 is 5.32 Å². The fraction of sp³-hybridized carbons (Fsp3) is 0.412. The number of aryl methyl sites for hydroxylation is 1. The summed E-state index contributed by atoms with van der Waals surface area (Å²) in [6.45, 7) is 2.54. The van der Waals surface area contributed by atoms with Gasteiger partial charge in [-0.25, -0.2) is 8.42 Å². The van der Waals surface area contributed by atoms with E-state index in [9.17, 15) is 18.0 Å². The lowest BCUT2D eigenvalue weighted by Gasteiger charge is -2.32. The molecule has 5 rings (SSSR count). The summed E-state index contributed by atoms with van der Waals surface area (Å²) < 4.78 is 33.1. The second kappa shape index (κ2) is 14.8. The Morgan fingerprint density at radius 2 is 1.51 bits per heavy atom. The second-order valence-electron chi connectivity index (χ2n) is 11.3. The third kappa shape index (κ3) is 8.31. The number of benzene rings is 3. The number of carbonyl (C=O) groups excluding carboxylic acids is 2. The van der Waals surface area contributed by atoms with Crippen molar-refractivity contribution in [3.8, 4) is 0 Å². The van der Waals surface area contributed by atoms with Gasteiger partial charge in [0.25, 0.3) is 0 Å². The number of ether oxygens (including phenoxy) is 1. The molecule has 0 aliphatic carbocycles. The van der Waals surface area contributed by atoms with Crippen LogP contribution in [0.5, 0.6) is 0 Å². The minimum Gasteiger partial charge on any atom is -0.376 e. The van der Waals surface area contributed by atoms with Crippen LogP contribution in [0, 0.1) is 0 Å². The minimum atomic E-state index is -3.49. The molecule has 2 aliphatic heterocycles. The molecule has 0 radical (unpaired) electrons. The first-order valence-electron chi connectivity index (χ1n) is 15.3. The van der Waals surface area contributed by atoms with Crippen molar-refractivity contribution in [2.45, 2.75) is 68.5 Å². The van der Waals surface area contributed by atoms with Crippen LogP contribution >= 0.6 is 0 Å². The van der Waals surface area contributed by atoms with Crippen molar-refractivity contribution in [3.63, 3.8) is 0 Å². The van der Waals surface area contributed by atoms with Crippen LogP contribution in [0.3, 0.4) is 0 Å². The molecule has 2 saturated heterocycles. The highest BCUT2D eigenvalue weighted by atomic mass is 32.2. The van der Waals surface area contributed by atoms with Crippen LogP contribution in [0.25, 0.3) is 0 Å². The summed E-state index contributed by atoms with van der Waals surface area (Å²) in [6.07, 6.45) is 4.68. The number of rotatable bonds is 13. The maximum Gasteiger partial charge on any atom is 0.243 e. The molecular weight excluding hydrogens is 562 g/mol. The Morgan fingerprint density at radius 1 is 0.860 bits per heavy atom. The van der Waals surface area contributed by atoms with Gasteiger partial charge in [0.1, 0.15) is 6.04 Å². The minimum absolute atomic E-state index is 0.00291. The Hall–Kier alpha value is -3.53. The third-order valence-corrected chi connectivity index (χ3v) is 10.2. The lowest BCUT2D eigenvalue weighted by molar-refractivity contribution is -0.141. The van der Waals surface area contributed by atoms with Crippen molar-refractivity contribution >= 4 is 21.8 Å². The fourth-order valence-electron chi connectivity index (χ4n) is 5.77. The molecule has 2 fully saturated rings. The van der Waals surface area contributed by atoms with Gasteiger partial charge < -0.3 is 15.0 Å². The van der Waals surface area contributed by atoms with Gasteiger partial charge >= 0.3 is 0 Å². The molecular formula is C34H41N3O5S. The standard InChI is InChI=1S/C34H41N3O5S/c38-33(20-17-27-15-18-31(19-16-27)43(40,41)36-21-7-8-22-36)37(26-29-12-5-2-6-13-29)32(24-28-10-3-1-4-11-28)34(39)35-25-30-14-9-23-42-30/h1-6,10-13,15-16,18-19,30,32H,7-9,14,17,20-26H2,(H,35,39)/t30-,32-/m1/s1. The van der Waals surface area contributed by atoms with E-state index in [2.05, 4.69) is 5.32 Å². The van der Waals surface area contributed by atoms with Crippen LogP contribution in [-0.4, -0.2) is 67.8 Å². The van der Waals surface area contributed by atoms with E-state index in [-0.39, 0.29) is 29.2 Å². The van der Waals surface area contributed by atoms with Gasteiger partial charge in [-0.2, -0.15) is 4.31 Å². The van der Waals surface area contributed by atoms with Crippen molar-refractivity contribution in [1.29, 1.82) is 0 Å².